The van der Waals surface area contributed by atoms with Crippen LogP contribution in [0.2, 0.25) is 0 Å². The van der Waals surface area contributed by atoms with Gasteiger partial charge in [-0.2, -0.15) is 0 Å². The zero-order valence-corrected chi connectivity index (χ0v) is 11.5. The van der Waals surface area contributed by atoms with E-state index in [0.29, 0.717) is 11.6 Å². The van der Waals surface area contributed by atoms with Crippen molar-refractivity contribution in [1.82, 2.24) is 14.3 Å². The molecule has 0 aliphatic carbocycles. The van der Waals surface area contributed by atoms with Crippen LogP contribution in [0.5, 0.6) is 0 Å². The first-order valence-corrected chi connectivity index (χ1v) is 6.82. The van der Waals surface area contributed by atoms with E-state index in [4.69, 9.17) is 0 Å². The third-order valence-electron chi connectivity index (χ3n) is 4.11. The monoisotopic (exact) mass is 257 g/mol. The Morgan fingerprint density at radius 1 is 1.32 bits per heavy atom. The number of hydrogen-bond donors (Lipinski definition) is 0. The van der Waals surface area contributed by atoms with E-state index in [1.165, 1.54) is 0 Å². The van der Waals surface area contributed by atoms with Crippen LogP contribution in [0, 0.1) is 6.92 Å². The Morgan fingerprint density at radius 3 is 2.74 bits per heavy atom. The van der Waals surface area contributed by atoms with Crippen LogP contribution in [0.1, 0.15) is 40.8 Å². The van der Waals surface area contributed by atoms with Gasteiger partial charge < -0.3 is 9.30 Å². The summed E-state index contributed by atoms with van der Waals surface area (Å²) in [4.78, 5) is 18.1. The molecule has 2 aromatic heterocycles. The number of likely N-dealkylation sites (tertiary alicyclic amines) is 1. The molecule has 1 aliphatic heterocycles. The minimum absolute atomic E-state index is 0.457. The third-order valence-corrected chi connectivity index (χ3v) is 4.11. The molecule has 0 atom stereocenters. The fourth-order valence-electron chi connectivity index (χ4n) is 2.98. The average Bonchev–Trinajstić information content (AvgIpc) is 2.80. The van der Waals surface area contributed by atoms with Crippen molar-refractivity contribution in [2.45, 2.75) is 25.7 Å². The second-order valence-electron chi connectivity index (χ2n) is 5.44. The van der Waals surface area contributed by atoms with E-state index in [1.807, 2.05) is 12.1 Å². The van der Waals surface area contributed by atoms with E-state index in [-0.39, 0.29) is 0 Å². The van der Waals surface area contributed by atoms with Gasteiger partial charge in [-0.3, -0.25) is 4.79 Å². The molecule has 1 fully saturated rings. The van der Waals surface area contributed by atoms with Gasteiger partial charge in [-0.1, -0.05) is 6.07 Å². The molecule has 4 nitrogen and oxygen atoms in total. The first-order valence-electron chi connectivity index (χ1n) is 6.82. The number of carbonyl (C=O) groups excluding carboxylic acids is 1. The highest BCUT2D eigenvalue weighted by atomic mass is 16.1. The first kappa shape index (κ1) is 12.4. The highest BCUT2D eigenvalue weighted by Crippen LogP contribution is 2.29. The summed E-state index contributed by atoms with van der Waals surface area (Å²) in [6.07, 6.45) is 3.09. The van der Waals surface area contributed by atoms with Gasteiger partial charge in [0, 0.05) is 11.6 Å². The largest absolute Gasteiger partial charge is 0.306 e. The predicted octanol–water partition coefficient (Wildman–Crippen LogP) is 2.26. The summed E-state index contributed by atoms with van der Waals surface area (Å²) in [6.45, 7) is 4.27. The molecular weight excluding hydrogens is 238 g/mol. The summed E-state index contributed by atoms with van der Waals surface area (Å²) >= 11 is 0. The van der Waals surface area contributed by atoms with Crippen molar-refractivity contribution in [2.24, 2.45) is 0 Å². The summed E-state index contributed by atoms with van der Waals surface area (Å²) in [5.41, 5.74) is 2.65. The molecule has 0 aromatic carbocycles. The van der Waals surface area contributed by atoms with Crippen molar-refractivity contribution >= 4 is 11.8 Å². The number of aryl methyl sites for hydroxylation is 1. The van der Waals surface area contributed by atoms with Gasteiger partial charge in [0.2, 0.25) is 0 Å². The Balaban J connectivity index is 2.10. The summed E-state index contributed by atoms with van der Waals surface area (Å²) < 4.78 is 2.15. The van der Waals surface area contributed by atoms with Gasteiger partial charge in [-0.05, 0) is 52.0 Å². The lowest BCUT2D eigenvalue weighted by atomic mass is 9.96. The lowest BCUT2D eigenvalue weighted by molar-refractivity contribution is 0.112. The first-order chi connectivity index (χ1) is 9.20. The van der Waals surface area contributed by atoms with Gasteiger partial charge in [-0.15, -0.1) is 0 Å². The van der Waals surface area contributed by atoms with Crippen LogP contribution in [-0.4, -0.2) is 40.7 Å². The lowest BCUT2D eigenvalue weighted by Crippen LogP contribution is -2.30. The van der Waals surface area contributed by atoms with Crippen LogP contribution in [-0.2, 0) is 0 Å². The molecule has 0 spiro atoms. The molecule has 0 N–H and O–H groups in total. The SMILES string of the molecule is Cc1cccc2c(C=O)nc(C3CCN(C)CC3)n12. The predicted molar refractivity (Wildman–Crippen MR) is 74.8 cm³/mol. The van der Waals surface area contributed by atoms with Crippen molar-refractivity contribution in [3.63, 3.8) is 0 Å². The van der Waals surface area contributed by atoms with Crippen molar-refractivity contribution < 1.29 is 4.79 Å². The molecule has 2 aromatic rings. The lowest BCUT2D eigenvalue weighted by Gasteiger charge is -2.28. The summed E-state index contributed by atoms with van der Waals surface area (Å²) in [6, 6.07) is 6.03. The smallest absolute Gasteiger partial charge is 0.170 e. The van der Waals surface area contributed by atoms with E-state index < -0.39 is 0 Å². The number of aromatic nitrogens is 2. The summed E-state index contributed by atoms with van der Waals surface area (Å²) in [7, 11) is 2.15. The molecule has 4 heteroatoms. The number of nitrogens with zero attached hydrogens (tertiary/aromatic N) is 3. The summed E-state index contributed by atoms with van der Waals surface area (Å²) in [5.74, 6) is 1.52. The molecule has 100 valence electrons. The number of imidazole rings is 1. The van der Waals surface area contributed by atoms with Crippen molar-refractivity contribution in [2.75, 3.05) is 20.1 Å². The number of aldehydes is 1. The van der Waals surface area contributed by atoms with Gasteiger partial charge in [0.05, 0.1) is 5.52 Å². The second kappa shape index (κ2) is 4.78. The van der Waals surface area contributed by atoms with Crippen LogP contribution < -0.4 is 0 Å². The molecule has 0 saturated carbocycles. The molecule has 0 bridgehead atoms. The molecule has 0 unspecified atom stereocenters. The molecule has 0 amide bonds. The molecule has 0 radical (unpaired) electrons. The van der Waals surface area contributed by atoms with Crippen LogP contribution in [0.15, 0.2) is 18.2 Å². The van der Waals surface area contributed by atoms with Gasteiger partial charge in [0.15, 0.2) is 6.29 Å². The van der Waals surface area contributed by atoms with Crippen molar-refractivity contribution in [3.8, 4) is 0 Å². The minimum atomic E-state index is 0.457. The molecule has 19 heavy (non-hydrogen) atoms. The Bertz CT molecular complexity index is 609. The fraction of sp³-hybridized carbons (Fsp3) is 0.467. The Morgan fingerprint density at radius 2 is 2.05 bits per heavy atom. The highest BCUT2D eigenvalue weighted by molar-refractivity contribution is 5.84. The fourth-order valence-corrected chi connectivity index (χ4v) is 2.98. The van der Waals surface area contributed by atoms with Crippen molar-refractivity contribution in [3.05, 3.63) is 35.4 Å². The number of hydrogen-bond acceptors (Lipinski definition) is 3. The Kier molecular flexibility index (Phi) is 3.11. The van der Waals surface area contributed by atoms with Gasteiger partial charge >= 0.3 is 0 Å². The maximum atomic E-state index is 11.2. The van der Waals surface area contributed by atoms with Gasteiger partial charge in [0.25, 0.3) is 0 Å². The quantitative estimate of drug-likeness (QED) is 0.774. The second-order valence-corrected chi connectivity index (χ2v) is 5.44. The van der Waals surface area contributed by atoms with E-state index in [2.05, 4.69) is 34.3 Å². The molecular formula is C15H19N3O. The van der Waals surface area contributed by atoms with E-state index >= 15 is 0 Å². The topological polar surface area (TPSA) is 37.6 Å². The molecule has 3 heterocycles. The van der Waals surface area contributed by atoms with Gasteiger partial charge in [-0.25, -0.2) is 4.98 Å². The maximum absolute atomic E-state index is 11.2. The highest BCUT2D eigenvalue weighted by Gasteiger charge is 2.24. The van der Waals surface area contributed by atoms with Crippen LogP contribution >= 0.6 is 0 Å². The molecule has 3 rings (SSSR count). The van der Waals surface area contributed by atoms with Crippen LogP contribution in [0.25, 0.3) is 5.52 Å². The maximum Gasteiger partial charge on any atom is 0.170 e. The van der Waals surface area contributed by atoms with Gasteiger partial charge in [0.1, 0.15) is 11.5 Å². The van der Waals surface area contributed by atoms with Crippen LogP contribution in [0.4, 0.5) is 0 Å². The number of piperidine rings is 1. The summed E-state index contributed by atoms with van der Waals surface area (Å²) in [5, 5.41) is 0. The Labute approximate surface area is 113 Å². The number of carbonyl (C=O) groups is 1. The number of fused-ring (bicyclic) bond motifs is 1. The van der Waals surface area contributed by atoms with E-state index in [0.717, 1.165) is 49.3 Å². The Hall–Kier alpha value is -1.68. The van der Waals surface area contributed by atoms with E-state index in [1.54, 1.807) is 0 Å². The molecule has 1 saturated heterocycles. The normalized spacial score (nSPS) is 18.0. The zero-order valence-electron chi connectivity index (χ0n) is 11.5. The number of rotatable bonds is 2. The standard InChI is InChI=1S/C15H19N3O/c1-11-4-3-5-14-13(10-19)16-15(18(11)14)12-6-8-17(2)9-7-12/h3-5,10,12H,6-9H2,1-2H3. The van der Waals surface area contributed by atoms with Crippen LogP contribution in [0.3, 0.4) is 0 Å². The minimum Gasteiger partial charge on any atom is -0.306 e. The number of pyridine rings is 1. The van der Waals surface area contributed by atoms with Crippen molar-refractivity contribution in [1.29, 1.82) is 0 Å². The molecule has 1 aliphatic rings. The average molecular weight is 257 g/mol. The zero-order chi connectivity index (χ0) is 13.4. The third kappa shape index (κ3) is 2.06. The van der Waals surface area contributed by atoms with E-state index in [9.17, 15) is 4.79 Å².